The van der Waals surface area contributed by atoms with E-state index >= 15 is 0 Å². The maximum absolute atomic E-state index is 12.9. The van der Waals surface area contributed by atoms with Crippen molar-refractivity contribution < 1.29 is 13.9 Å². The largest absolute Gasteiger partial charge is 0.383 e. The standard InChI is InChI=1S/C15H19FN4O2S/c1-11(12-3-5-13(16)6-4-12)18-14(21)9-23-15-19-17-10-20(15)7-8-22-2/h3-6,10-11H,7-9H2,1-2H3,(H,18,21). The molecule has 6 nitrogen and oxygen atoms in total. The van der Waals surface area contributed by atoms with Gasteiger partial charge in [-0.25, -0.2) is 4.39 Å². The molecule has 8 heteroatoms. The van der Waals surface area contributed by atoms with Crippen molar-refractivity contribution in [1.29, 1.82) is 0 Å². The van der Waals surface area contributed by atoms with E-state index in [9.17, 15) is 9.18 Å². The van der Waals surface area contributed by atoms with Crippen LogP contribution in [0.5, 0.6) is 0 Å². The number of ether oxygens (including phenoxy) is 1. The van der Waals surface area contributed by atoms with Gasteiger partial charge in [-0.3, -0.25) is 4.79 Å². The molecule has 0 aliphatic rings. The molecule has 1 aromatic heterocycles. The maximum atomic E-state index is 12.9. The number of nitrogens with zero attached hydrogens (tertiary/aromatic N) is 3. The molecule has 2 rings (SSSR count). The SMILES string of the molecule is COCCn1cnnc1SCC(=O)NC(C)c1ccc(F)cc1. The number of methoxy groups -OCH3 is 1. The van der Waals surface area contributed by atoms with Crippen LogP contribution >= 0.6 is 11.8 Å². The first-order valence-corrected chi connectivity index (χ1v) is 8.13. The Hall–Kier alpha value is -1.93. The second kappa shape index (κ2) is 8.64. The molecule has 23 heavy (non-hydrogen) atoms. The van der Waals surface area contributed by atoms with Gasteiger partial charge in [-0.15, -0.1) is 10.2 Å². The molecule has 0 fully saturated rings. The molecule has 1 unspecified atom stereocenters. The summed E-state index contributed by atoms with van der Waals surface area (Å²) < 4.78 is 19.8. The summed E-state index contributed by atoms with van der Waals surface area (Å²) in [6.07, 6.45) is 1.61. The van der Waals surface area contributed by atoms with E-state index in [1.807, 2.05) is 11.5 Å². The normalized spacial score (nSPS) is 12.1. The highest BCUT2D eigenvalue weighted by Crippen LogP contribution is 2.16. The van der Waals surface area contributed by atoms with Gasteiger partial charge in [0.05, 0.1) is 18.4 Å². The van der Waals surface area contributed by atoms with Crippen molar-refractivity contribution >= 4 is 17.7 Å². The van der Waals surface area contributed by atoms with Crippen LogP contribution in [0.2, 0.25) is 0 Å². The first-order valence-electron chi connectivity index (χ1n) is 7.14. The predicted molar refractivity (Wildman–Crippen MR) is 85.6 cm³/mol. The molecule has 1 amide bonds. The van der Waals surface area contributed by atoms with E-state index in [-0.39, 0.29) is 23.5 Å². The second-order valence-corrected chi connectivity index (χ2v) is 5.87. The van der Waals surface area contributed by atoms with Crippen LogP contribution in [0.4, 0.5) is 4.39 Å². The highest BCUT2D eigenvalue weighted by Gasteiger charge is 2.12. The number of thioether (sulfide) groups is 1. The van der Waals surface area contributed by atoms with Gasteiger partial charge in [-0.05, 0) is 24.6 Å². The minimum atomic E-state index is -0.293. The number of carbonyl (C=O) groups is 1. The summed E-state index contributed by atoms with van der Waals surface area (Å²) in [7, 11) is 1.63. The van der Waals surface area contributed by atoms with Crippen molar-refractivity contribution in [2.24, 2.45) is 0 Å². The van der Waals surface area contributed by atoms with Crippen LogP contribution in [0.1, 0.15) is 18.5 Å². The molecule has 0 spiro atoms. The summed E-state index contributed by atoms with van der Waals surface area (Å²) in [5.74, 6) is -0.177. The van der Waals surface area contributed by atoms with Gasteiger partial charge in [0.1, 0.15) is 12.1 Å². The molecule has 1 aromatic carbocycles. The van der Waals surface area contributed by atoms with Crippen molar-refractivity contribution in [2.45, 2.75) is 24.7 Å². The van der Waals surface area contributed by atoms with Gasteiger partial charge >= 0.3 is 0 Å². The fraction of sp³-hybridized carbons (Fsp3) is 0.400. The zero-order chi connectivity index (χ0) is 16.7. The Balaban J connectivity index is 1.83. The fourth-order valence-electron chi connectivity index (χ4n) is 1.95. The van der Waals surface area contributed by atoms with Crippen molar-refractivity contribution in [1.82, 2.24) is 20.1 Å². The lowest BCUT2D eigenvalue weighted by molar-refractivity contribution is -0.119. The smallest absolute Gasteiger partial charge is 0.230 e. The highest BCUT2D eigenvalue weighted by atomic mass is 32.2. The summed E-state index contributed by atoms with van der Waals surface area (Å²) in [6.45, 7) is 3.05. The van der Waals surface area contributed by atoms with Gasteiger partial charge in [-0.2, -0.15) is 0 Å². The van der Waals surface area contributed by atoms with Crippen LogP contribution in [0.3, 0.4) is 0 Å². The van der Waals surface area contributed by atoms with Crippen LogP contribution in [-0.4, -0.2) is 40.1 Å². The van der Waals surface area contributed by atoms with E-state index in [0.29, 0.717) is 18.3 Å². The summed E-state index contributed by atoms with van der Waals surface area (Å²) in [4.78, 5) is 12.0. The topological polar surface area (TPSA) is 69.0 Å². The number of rotatable bonds is 8. The number of amides is 1. The van der Waals surface area contributed by atoms with E-state index in [2.05, 4.69) is 15.5 Å². The number of nitrogens with one attached hydrogen (secondary N) is 1. The molecule has 2 aromatic rings. The molecular formula is C15H19FN4O2S. The summed E-state index contributed by atoms with van der Waals surface area (Å²) >= 11 is 1.31. The lowest BCUT2D eigenvalue weighted by Gasteiger charge is -2.14. The maximum Gasteiger partial charge on any atom is 0.230 e. The van der Waals surface area contributed by atoms with Crippen LogP contribution in [0.15, 0.2) is 35.7 Å². The van der Waals surface area contributed by atoms with E-state index in [1.54, 1.807) is 25.6 Å². The van der Waals surface area contributed by atoms with Gasteiger partial charge < -0.3 is 14.6 Å². The lowest BCUT2D eigenvalue weighted by Crippen LogP contribution is -2.28. The number of aromatic nitrogens is 3. The third-order valence-electron chi connectivity index (χ3n) is 3.20. The third-order valence-corrected chi connectivity index (χ3v) is 4.18. The Bertz CT molecular complexity index is 633. The van der Waals surface area contributed by atoms with Crippen LogP contribution in [0.25, 0.3) is 0 Å². The molecule has 0 aliphatic carbocycles. The fourth-order valence-corrected chi connectivity index (χ4v) is 2.70. The van der Waals surface area contributed by atoms with Crippen molar-refractivity contribution in [2.75, 3.05) is 19.5 Å². The zero-order valence-corrected chi connectivity index (χ0v) is 13.8. The molecule has 0 saturated carbocycles. The Morgan fingerprint density at radius 1 is 1.43 bits per heavy atom. The van der Waals surface area contributed by atoms with Gasteiger partial charge in [-0.1, -0.05) is 23.9 Å². The third kappa shape index (κ3) is 5.33. The zero-order valence-electron chi connectivity index (χ0n) is 13.0. The molecule has 0 bridgehead atoms. The molecule has 1 heterocycles. The van der Waals surface area contributed by atoms with E-state index in [0.717, 1.165) is 5.56 Å². The first kappa shape index (κ1) is 17.4. The Kier molecular flexibility index (Phi) is 6.54. The van der Waals surface area contributed by atoms with Crippen LogP contribution in [-0.2, 0) is 16.1 Å². The summed E-state index contributed by atoms with van der Waals surface area (Å²) in [6, 6.07) is 5.90. The molecule has 0 saturated heterocycles. The number of benzene rings is 1. The molecule has 1 N–H and O–H groups in total. The second-order valence-electron chi connectivity index (χ2n) is 4.93. The average molecular weight is 338 g/mol. The van der Waals surface area contributed by atoms with E-state index in [4.69, 9.17) is 4.74 Å². The number of carbonyl (C=O) groups excluding carboxylic acids is 1. The molecular weight excluding hydrogens is 319 g/mol. The van der Waals surface area contributed by atoms with E-state index in [1.165, 1.54) is 23.9 Å². The summed E-state index contributed by atoms with van der Waals surface area (Å²) in [5, 5.41) is 11.4. The first-order chi connectivity index (χ1) is 11.1. The average Bonchev–Trinajstić information content (AvgIpc) is 2.99. The number of hydrogen-bond acceptors (Lipinski definition) is 5. The van der Waals surface area contributed by atoms with Gasteiger partial charge in [0.2, 0.25) is 5.91 Å². The molecule has 124 valence electrons. The number of hydrogen-bond donors (Lipinski definition) is 1. The molecule has 1 atom stereocenters. The van der Waals surface area contributed by atoms with Crippen molar-refractivity contribution in [3.05, 3.63) is 42.0 Å². The van der Waals surface area contributed by atoms with Crippen LogP contribution < -0.4 is 5.32 Å². The number of halogens is 1. The summed E-state index contributed by atoms with van der Waals surface area (Å²) in [5.41, 5.74) is 0.855. The molecule has 0 radical (unpaired) electrons. The van der Waals surface area contributed by atoms with Crippen molar-refractivity contribution in [3.8, 4) is 0 Å². The highest BCUT2D eigenvalue weighted by molar-refractivity contribution is 7.99. The van der Waals surface area contributed by atoms with Gasteiger partial charge in [0, 0.05) is 13.7 Å². The monoisotopic (exact) mass is 338 g/mol. The minimum Gasteiger partial charge on any atom is -0.383 e. The van der Waals surface area contributed by atoms with Gasteiger partial charge in [0.15, 0.2) is 5.16 Å². The van der Waals surface area contributed by atoms with Crippen LogP contribution in [0, 0.1) is 5.82 Å². The van der Waals surface area contributed by atoms with E-state index < -0.39 is 0 Å². The molecule has 0 aliphatic heterocycles. The lowest BCUT2D eigenvalue weighted by atomic mass is 10.1. The van der Waals surface area contributed by atoms with Crippen molar-refractivity contribution in [3.63, 3.8) is 0 Å². The minimum absolute atomic E-state index is 0.117. The quantitative estimate of drug-likeness (QED) is 0.746. The predicted octanol–water partition coefficient (Wildman–Crippen LogP) is 2.03. The Morgan fingerprint density at radius 3 is 2.87 bits per heavy atom. The Labute approximate surface area is 138 Å². The van der Waals surface area contributed by atoms with Gasteiger partial charge in [0.25, 0.3) is 0 Å². The Morgan fingerprint density at radius 2 is 2.17 bits per heavy atom.